The van der Waals surface area contributed by atoms with Gasteiger partial charge in [-0.3, -0.25) is 9.59 Å². The Morgan fingerprint density at radius 3 is 2.31 bits per heavy atom. The lowest BCUT2D eigenvalue weighted by atomic mass is 10.2. The van der Waals surface area contributed by atoms with Crippen molar-refractivity contribution in [2.24, 2.45) is 0 Å². The second kappa shape index (κ2) is 4.25. The summed E-state index contributed by atoms with van der Waals surface area (Å²) in [4.78, 5) is 20.1. The minimum absolute atomic E-state index is 0.176. The third kappa shape index (κ3) is 2.30. The highest BCUT2D eigenvalue weighted by molar-refractivity contribution is 5.56. The van der Waals surface area contributed by atoms with E-state index >= 15 is 0 Å². The van der Waals surface area contributed by atoms with Crippen LogP contribution in [0.4, 0.5) is 0 Å². The molecule has 1 rings (SSSR count). The molecule has 0 saturated carbocycles. The average Bonchev–Trinajstić information content (AvgIpc) is 2.10. The van der Waals surface area contributed by atoms with Gasteiger partial charge in [-0.15, -0.1) is 0 Å². The molecule has 0 fully saturated rings. The van der Waals surface area contributed by atoms with Crippen LogP contribution < -0.4 is 9.47 Å². The zero-order valence-electron chi connectivity index (χ0n) is 6.73. The fourth-order valence-electron chi connectivity index (χ4n) is 0.846. The van der Waals surface area contributed by atoms with Crippen LogP contribution in [0.3, 0.4) is 0 Å². The minimum atomic E-state index is 0.176. The van der Waals surface area contributed by atoms with E-state index in [0.29, 0.717) is 5.56 Å². The van der Waals surface area contributed by atoms with Crippen LogP contribution in [0.15, 0.2) is 18.2 Å². The smallest absolute Gasteiger partial charge is 0.298 e. The quantitative estimate of drug-likeness (QED) is 0.645. The van der Waals surface area contributed by atoms with Gasteiger partial charge in [0.05, 0.1) is 0 Å². The Morgan fingerprint density at radius 1 is 1.08 bits per heavy atom. The molecule has 0 unspecified atom stereocenters. The highest BCUT2D eigenvalue weighted by atomic mass is 16.6. The van der Waals surface area contributed by atoms with E-state index in [9.17, 15) is 9.59 Å². The molecule has 0 bridgehead atoms. The largest absolute Gasteiger partial charge is 0.425 e. The van der Waals surface area contributed by atoms with Crippen molar-refractivity contribution in [3.8, 4) is 11.5 Å². The molecule has 0 aromatic heterocycles. The van der Waals surface area contributed by atoms with Crippen molar-refractivity contribution in [2.75, 3.05) is 0 Å². The van der Waals surface area contributed by atoms with Crippen LogP contribution in [0, 0.1) is 6.92 Å². The number of hydrogen-bond donors (Lipinski definition) is 0. The molecule has 0 aliphatic rings. The van der Waals surface area contributed by atoms with Gasteiger partial charge in [0.15, 0.2) is 11.5 Å². The summed E-state index contributed by atoms with van der Waals surface area (Å²) in [6.45, 7) is 4.14. The van der Waals surface area contributed by atoms with Crippen molar-refractivity contribution in [3.05, 3.63) is 30.7 Å². The molecule has 1 radical (unpaired) electrons. The lowest BCUT2D eigenvalue weighted by molar-refractivity contribution is -0.123. The second-order valence-corrected chi connectivity index (χ2v) is 2.21. The van der Waals surface area contributed by atoms with Gasteiger partial charge in [0.25, 0.3) is 12.9 Å². The van der Waals surface area contributed by atoms with E-state index in [1.165, 1.54) is 12.1 Å². The molecule has 0 spiro atoms. The summed E-state index contributed by atoms with van der Waals surface area (Å²) in [6.07, 6.45) is 0. The van der Waals surface area contributed by atoms with Crippen molar-refractivity contribution in [1.29, 1.82) is 0 Å². The lowest BCUT2D eigenvalue weighted by Gasteiger charge is -2.04. The average molecular weight is 179 g/mol. The van der Waals surface area contributed by atoms with E-state index in [-0.39, 0.29) is 24.4 Å². The Bertz CT molecular complexity index is 319. The minimum Gasteiger partial charge on any atom is -0.425 e. The first kappa shape index (κ1) is 9.25. The monoisotopic (exact) mass is 179 g/mol. The van der Waals surface area contributed by atoms with E-state index in [1.54, 1.807) is 6.07 Å². The number of hydrogen-bond acceptors (Lipinski definition) is 4. The SMILES string of the molecule is [CH2]c1ccc(OC=O)c(OC=O)c1. The molecule has 0 heterocycles. The predicted octanol–water partition coefficient (Wildman–Crippen LogP) is 0.939. The summed E-state index contributed by atoms with van der Waals surface area (Å²) in [6, 6.07) is 4.62. The van der Waals surface area contributed by atoms with Gasteiger partial charge in [-0.25, -0.2) is 0 Å². The second-order valence-electron chi connectivity index (χ2n) is 2.21. The van der Waals surface area contributed by atoms with Gasteiger partial charge in [-0.05, 0) is 24.6 Å². The van der Waals surface area contributed by atoms with Gasteiger partial charge in [0.2, 0.25) is 0 Å². The first-order valence-electron chi connectivity index (χ1n) is 3.44. The molecule has 1 aromatic rings. The van der Waals surface area contributed by atoms with Crippen LogP contribution >= 0.6 is 0 Å². The van der Waals surface area contributed by atoms with E-state index in [1.807, 2.05) is 0 Å². The van der Waals surface area contributed by atoms with E-state index < -0.39 is 0 Å². The van der Waals surface area contributed by atoms with E-state index in [0.717, 1.165) is 0 Å². The topological polar surface area (TPSA) is 52.6 Å². The van der Waals surface area contributed by atoms with Crippen LogP contribution in [0.1, 0.15) is 5.56 Å². The Morgan fingerprint density at radius 2 is 1.69 bits per heavy atom. The molecular weight excluding hydrogens is 172 g/mol. The lowest BCUT2D eigenvalue weighted by Crippen LogP contribution is -1.95. The van der Waals surface area contributed by atoms with Crippen molar-refractivity contribution in [3.63, 3.8) is 0 Å². The number of rotatable bonds is 4. The maximum Gasteiger partial charge on any atom is 0.298 e. The maximum atomic E-state index is 10.1. The Hall–Kier alpha value is -1.84. The number of ether oxygens (including phenoxy) is 2. The molecule has 0 atom stereocenters. The van der Waals surface area contributed by atoms with Gasteiger partial charge < -0.3 is 9.47 Å². The molecule has 0 amide bonds. The van der Waals surface area contributed by atoms with Crippen molar-refractivity contribution < 1.29 is 19.1 Å². The number of benzene rings is 1. The third-order valence-electron chi connectivity index (χ3n) is 1.36. The Kier molecular flexibility index (Phi) is 3.03. The molecular formula is C9H7O4. The summed E-state index contributed by atoms with van der Waals surface area (Å²) >= 11 is 0. The van der Waals surface area contributed by atoms with Gasteiger partial charge in [0.1, 0.15) is 0 Å². The normalized spacial score (nSPS) is 9.00. The highest BCUT2D eigenvalue weighted by Crippen LogP contribution is 2.27. The van der Waals surface area contributed by atoms with Crippen LogP contribution in [-0.2, 0) is 9.59 Å². The Labute approximate surface area is 75.1 Å². The van der Waals surface area contributed by atoms with Gasteiger partial charge in [-0.1, -0.05) is 6.07 Å². The van der Waals surface area contributed by atoms with E-state index in [2.05, 4.69) is 16.4 Å². The maximum absolute atomic E-state index is 10.1. The first-order chi connectivity index (χ1) is 6.27. The fraction of sp³-hybridized carbons (Fsp3) is 0. The van der Waals surface area contributed by atoms with Crippen LogP contribution in [-0.4, -0.2) is 12.9 Å². The summed E-state index contributed by atoms with van der Waals surface area (Å²) in [5.41, 5.74) is 0.662. The van der Waals surface area contributed by atoms with Crippen LogP contribution in [0.25, 0.3) is 0 Å². The summed E-state index contributed by atoms with van der Waals surface area (Å²) < 4.78 is 9.12. The molecule has 0 saturated heterocycles. The van der Waals surface area contributed by atoms with Crippen LogP contribution in [0.2, 0.25) is 0 Å². The summed E-state index contributed by atoms with van der Waals surface area (Å²) in [5, 5.41) is 0. The zero-order chi connectivity index (χ0) is 9.68. The van der Waals surface area contributed by atoms with Crippen LogP contribution in [0.5, 0.6) is 11.5 Å². The third-order valence-corrected chi connectivity index (χ3v) is 1.36. The predicted molar refractivity (Wildman–Crippen MR) is 44.3 cm³/mol. The molecule has 4 nitrogen and oxygen atoms in total. The van der Waals surface area contributed by atoms with Gasteiger partial charge in [-0.2, -0.15) is 0 Å². The van der Waals surface area contributed by atoms with Crippen molar-refractivity contribution >= 4 is 12.9 Å². The molecule has 0 N–H and O–H groups in total. The number of carbonyl (C=O) groups excluding carboxylic acids is 2. The molecule has 13 heavy (non-hydrogen) atoms. The molecule has 1 aromatic carbocycles. The molecule has 0 aliphatic carbocycles. The van der Waals surface area contributed by atoms with E-state index in [4.69, 9.17) is 0 Å². The molecule has 4 heteroatoms. The fourth-order valence-corrected chi connectivity index (χ4v) is 0.846. The van der Waals surface area contributed by atoms with Gasteiger partial charge >= 0.3 is 0 Å². The zero-order valence-corrected chi connectivity index (χ0v) is 6.73. The van der Waals surface area contributed by atoms with Crippen molar-refractivity contribution in [1.82, 2.24) is 0 Å². The molecule has 67 valence electrons. The Balaban J connectivity index is 3.01. The highest BCUT2D eigenvalue weighted by Gasteiger charge is 2.04. The summed E-state index contributed by atoms with van der Waals surface area (Å²) in [7, 11) is 0. The van der Waals surface area contributed by atoms with Gasteiger partial charge in [0, 0.05) is 0 Å². The summed E-state index contributed by atoms with van der Waals surface area (Å²) in [5.74, 6) is 0.365. The first-order valence-corrected chi connectivity index (χ1v) is 3.44. The molecule has 0 aliphatic heterocycles. The van der Waals surface area contributed by atoms with Crippen molar-refractivity contribution in [2.45, 2.75) is 0 Å². The number of carbonyl (C=O) groups is 2. The standard InChI is InChI=1S/C9H7O4/c1-7-2-3-8(12-5-10)9(4-7)13-6-11/h2-6H,1H2.